The van der Waals surface area contributed by atoms with E-state index in [1.807, 2.05) is 0 Å². The van der Waals surface area contributed by atoms with Gasteiger partial charge in [0.15, 0.2) is 0 Å². The molecule has 2 heteroatoms. The van der Waals surface area contributed by atoms with E-state index >= 15 is 0 Å². The summed E-state index contributed by atoms with van der Waals surface area (Å²) in [6.07, 6.45) is 2.62. The van der Waals surface area contributed by atoms with Gasteiger partial charge in [0.25, 0.3) is 0 Å². The van der Waals surface area contributed by atoms with Crippen LogP contribution >= 0.6 is 11.8 Å². The van der Waals surface area contributed by atoms with Gasteiger partial charge >= 0.3 is 0 Å². The molecule has 0 radical (unpaired) electrons. The van der Waals surface area contributed by atoms with Crippen molar-refractivity contribution >= 4 is 11.8 Å². The van der Waals surface area contributed by atoms with Crippen molar-refractivity contribution in [3.63, 3.8) is 0 Å². The highest BCUT2D eigenvalue weighted by Gasteiger charge is 2.33. The van der Waals surface area contributed by atoms with Crippen LogP contribution in [0.15, 0.2) is 0 Å². The number of thioether (sulfide) groups is 1. The highest BCUT2D eigenvalue weighted by Crippen LogP contribution is 2.34. The fourth-order valence-corrected chi connectivity index (χ4v) is 3.67. The Hall–Kier alpha value is 0.310. The first-order chi connectivity index (χ1) is 6.97. The molecule has 1 nitrogen and oxygen atoms in total. The van der Waals surface area contributed by atoms with Crippen molar-refractivity contribution in [3.8, 4) is 0 Å². The molecule has 1 heterocycles. The molecule has 0 aromatic carbocycles. The van der Waals surface area contributed by atoms with E-state index in [-0.39, 0.29) is 0 Å². The van der Waals surface area contributed by atoms with Gasteiger partial charge in [0, 0.05) is 17.8 Å². The molecule has 1 N–H and O–H groups in total. The van der Waals surface area contributed by atoms with Crippen LogP contribution in [0.2, 0.25) is 0 Å². The van der Waals surface area contributed by atoms with Crippen LogP contribution < -0.4 is 5.32 Å². The van der Waals surface area contributed by atoms with Gasteiger partial charge < -0.3 is 5.32 Å². The Labute approximate surface area is 99.8 Å². The summed E-state index contributed by atoms with van der Waals surface area (Å²) in [5.74, 6) is 3.41. The molecule has 1 fully saturated rings. The maximum Gasteiger partial charge on any atom is 0.0212 e. The fourth-order valence-electron chi connectivity index (χ4n) is 2.05. The highest BCUT2D eigenvalue weighted by atomic mass is 32.2. The van der Waals surface area contributed by atoms with E-state index in [4.69, 9.17) is 0 Å². The summed E-state index contributed by atoms with van der Waals surface area (Å²) in [6.45, 7) is 11.8. The Bertz CT molecular complexity index is 191. The van der Waals surface area contributed by atoms with Gasteiger partial charge in [-0.15, -0.1) is 0 Å². The predicted molar refractivity (Wildman–Crippen MR) is 71.6 cm³/mol. The van der Waals surface area contributed by atoms with E-state index in [9.17, 15) is 0 Å². The molecule has 0 aromatic rings. The molecule has 0 spiro atoms. The molecule has 1 saturated heterocycles. The van der Waals surface area contributed by atoms with Crippen LogP contribution in [0.3, 0.4) is 0 Å². The summed E-state index contributed by atoms with van der Waals surface area (Å²) < 4.78 is 0. The number of hydrogen-bond donors (Lipinski definition) is 1. The van der Waals surface area contributed by atoms with Crippen molar-refractivity contribution in [1.82, 2.24) is 5.32 Å². The maximum atomic E-state index is 3.84. The summed E-state index contributed by atoms with van der Waals surface area (Å²) >= 11 is 2.10. The van der Waals surface area contributed by atoms with Crippen LogP contribution in [0.4, 0.5) is 0 Å². The van der Waals surface area contributed by atoms with Crippen LogP contribution in [0, 0.1) is 11.3 Å². The minimum Gasteiger partial charge on any atom is -0.310 e. The molecule has 0 bridgehead atoms. The molecule has 1 aliphatic heterocycles. The molecule has 15 heavy (non-hydrogen) atoms. The molecule has 0 aliphatic carbocycles. The van der Waals surface area contributed by atoms with E-state index in [2.05, 4.69) is 51.7 Å². The van der Waals surface area contributed by atoms with E-state index in [1.54, 1.807) is 0 Å². The van der Waals surface area contributed by atoms with Crippen molar-refractivity contribution in [3.05, 3.63) is 0 Å². The third-order valence-electron chi connectivity index (χ3n) is 4.08. The second-order valence-electron chi connectivity index (χ2n) is 5.71. The third-order valence-corrected chi connectivity index (χ3v) is 5.14. The molecular weight excluding hydrogens is 202 g/mol. The average molecular weight is 229 g/mol. The Morgan fingerprint density at radius 2 is 2.07 bits per heavy atom. The van der Waals surface area contributed by atoms with Crippen molar-refractivity contribution in [2.45, 2.75) is 59.5 Å². The first-order valence-corrected chi connectivity index (χ1v) is 7.46. The quantitative estimate of drug-likeness (QED) is 0.791. The number of hydrogen-bond acceptors (Lipinski definition) is 2. The minimum absolute atomic E-state index is 0.479. The largest absolute Gasteiger partial charge is 0.310 e. The van der Waals surface area contributed by atoms with Crippen molar-refractivity contribution in [2.24, 2.45) is 11.3 Å². The molecule has 0 aromatic heterocycles. The van der Waals surface area contributed by atoms with Gasteiger partial charge in [-0.05, 0) is 30.4 Å². The zero-order valence-electron chi connectivity index (χ0n) is 11.0. The zero-order valence-corrected chi connectivity index (χ0v) is 11.8. The van der Waals surface area contributed by atoms with Crippen molar-refractivity contribution in [1.29, 1.82) is 0 Å². The van der Waals surface area contributed by atoms with Gasteiger partial charge in [-0.2, -0.15) is 11.8 Å². The number of nitrogens with one attached hydrogen (secondary N) is 1. The smallest absolute Gasteiger partial charge is 0.0212 e. The molecule has 3 atom stereocenters. The van der Waals surface area contributed by atoms with Crippen LogP contribution in [0.25, 0.3) is 0 Å². The summed E-state index contributed by atoms with van der Waals surface area (Å²) in [5.41, 5.74) is 0.479. The molecular formula is C13H27NS. The number of rotatable bonds is 4. The van der Waals surface area contributed by atoms with Crippen LogP contribution in [-0.2, 0) is 0 Å². The molecule has 1 rings (SSSR count). The lowest BCUT2D eigenvalue weighted by Gasteiger charge is -2.41. The van der Waals surface area contributed by atoms with Gasteiger partial charge in [0.05, 0.1) is 0 Å². The molecule has 90 valence electrons. The Balaban J connectivity index is 2.48. The fraction of sp³-hybridized carbons (Fsp3) is 1.00. The molecule has 0 amide bonds. The Morgan fingerprint density at radius 1 is 1.40 bits per heavy atom. The zero-order chi connectivity index (χ0) is 11.5. The van der Waals surface area contributed by atoms with Gasteiger partial charge in [-0.3, -0.25) is 0 Å². The van der Waals surface area contributed by atoms with E-state index in [0.717, 1.165) is 5.92 Å². The van der Waals surface area contributed by atoms with Crippen molar-refractivity contribution in [2.75, 3.05) is 11.5 Å². The topological polar surface area (TPSA) is 12.0 Å². The van der Waals surface area contributed by atoms with E-state index < -0.39 is 0 Å². The van der Waals surface area contributed by atoms with Gasteiger partial charge in [0.2, 0.25) is 0 Å². The molecule has 3 unspecified atom stereocenters. The van der Waals surface area contributed by atoms with Crippen molar-refractivity contribution < 1.29 is 0 Å². The lowest BCUT2D eigenvalue weighted by atomic mass is 9.81. The maximum absolute atomic E-state index is 3.84. The second-order valence-corrected chi connectivity index (χ2v) is 6.86. The van der Waals surface area contributed by atoms with E-state index in [0.29, 0.717) is 17.5 Å². The summed E-state index contributed by atoms with van der Waals surface area (Å²) in [5, 5.41) is 3.84. The van der Waals surface area contributed by atoms with Gasteiger partial charge in [0.1, 0.15) is 0 Å². The first-order valence-electron chi connectivity index (χ1n) is 6.31. The SMILES string of the molecule is CCC(C)C(C)NC1CSCCC1(C)C. The van der Waals surface area contributed by atoms with Crippen LogP contribution in [0.1, 0.15) is 47.5 Å². The lowest BCUT2D eigenvalue weighted by molar-refractivity contribution is 0.212. The van der Waals surface area contributed by atoms with E-state index in [1.165, 1.54) is 24.3 Å². The van der Waals surface area contributed by atoms with Crippen LogP contribution in [0.5, 0.6) is 0 Å². The minimum atomic E-state index is 0.479. The Morgan fingerprint density at radius 3 is 2.60 bits per heavy atom. The molecule has 0 saturated carbocycles. The predicted octanol–water partition coefficient (Wildman–Crippen LogP) is 3.54. The lowest BCUT2D eigenvalue weighted by Crippen LogP contribution is -2.51. The second kappa shape index (κ2) is 5.58. The molecule has 1 aliphatic rings. The normalized spacial score (nSPS) is 29.8. The summed E-state index contributed by atoms with van der Waals surface area (Å²) in [6, 6.07) is 1.35. The van der Waals surface area contributed by atoms with Crippen LogP contribution in [-0.4, -0.2) is 23.6 Å². The third kappa shape index (κ3) is 3.67. The highest BCUT2D eigenvalue weighted by molar-refractivity contribution is 7.99. The Kier molecular flexibility index (Phi) is 4.98. The monoisotopic (exact) mass is 229 g/mol. The van der Waals surface area contributed by atoms with Gasteiger partial charge in [-0.1, -0.05) is 34.1 Å². The van der Waals surface area contributed by atoms with Gasteiger partial charge in [-0.25, -0.2) is 0 Å². The summed E-state index contributed by atoms with van der Waals surface area (Å²) in [7, 11) is 0. The first kappa shape index (κ1) is 13.4. The summed E-state index contributed by atoms with van der Waals surface area (Å²) in [4.78, 5) is 0. The standard InChI is InChI=1S/C13H27NS/c1-6-10(2)11(3)14-12-9-15-8-7-13(12,4)5/h10-12,14H,6-9H2,1-5H3. The average Bonchev–Trinajstić information content (AvgIpc) is 2.19.